The summed E-state index contributed by atoms with van der Waals surface area (Å²) < 4.78 is 7.14. The minimum Gasteiger partial charge on any atom is -0.381 e. The summed E-state index contributed by atoms with van der Waals surface area (Å²) in [7, 11) is 0. The number of nitrogens with zero attached hydrogens (tertiary/aromatic N) is 3. The van der Waals surface area contributed by atoms with Gasteiger partial charge in [-0.2, -0.15) is 9.61 Å². The molecule has 0 aliphatic carbocycles. The number of hydrogen-bond acceptors (Lipinski definition) is 5. The average Bonchev–Trinajstić information content (AvgIpc) is 2.82. The lowest BCUT2D eigenvalue weighted by Gasteiger charge is -2.19. The summed E-state index contributed by atoms with van der Waals surface area (Å²) in [5.41, 5.74) is 5.50. The molecule has 0 atom stereocenters. The molecule has 0 amide bonds. The van der Waals surface area contributed by atoms with Gasteiger partial charge < -0.3 is 10.2 Å². The molecule has 0 unspecified atom stereocenters. The Morgan fingerprint density at radius 1 is 1.39 bits per heavy atom. The SMILES string of the molecule is Cc1cc(NN)n2nc(C3CCOCC3)cc2n1. The van der Waals surface area contributed by atoms with Crippen molar-refractivity contribution >= 4 is 11.5 Å². The Hall–Kier alpha value is -1.66. The summed E-state index contributed by atoms with van der Waals surface area (Å²) >= 11 is 0. The van der Waals surface area contributed by atoms with Gasteiger partial charge in [-0.1, -0.05) is 0 Å². The van der Waals surface area contributed by atoms with E-state index in [1.807, 2.05) is 19.1 Å². The molecular weight excluding hydrogens is 230 g/mol. The first-order chi connectivity index (χ1) is 8.78. The van der Waals surface area contributed by atoms with Gasteiger partial charge in [0.05, 0.1) is 5.69 Å². The lowest BCUT2D eigenvalue weighted by molar-refractivity contribution is 0.0844. The van der Waals surface area contributed by atoms with Crippen molar-refractivity contribution in [3.63, 3.8) is 0 Å². The molecule has 1 aliphatic rings. The average molecular weight is 247 g/mol. The highest BCUT2D eigenvalue weighted by atomic mass is 16.5. The predicted octanol–water partition coefficient (Wildman–Crippen LogP) is 1.22. The number of anilines is 1. The smallest absolute Gasteiger partial charge is 0.157 e. The van der Waals surface area contributed by atoms with Crippen molar-refractivity contribution in [1.82, 2.24) is 14.6 Å². The zero-order valence-electron chi connectivity index (χ0n) is 10.4. The van der Waals surface area contributed by atoms with Crippen LogP contribution in [0.5, 0.6) is 0 Å². The van der Waals surface area contributed by atoms with E-state index in [9.17, 15) is 0 Å². The van der Waals surface area contributed by atoms with Gasteiger partial charge in [0.2, 0.25) is 0 Å². The number of ether oxygens (including phenoxy) is 1. The Labute approximate surface area is 105 Å². The molecule has 3 heterocycles. The maximum Gasteiger partial charge on any atom is 0.157 e. The quantitative estimate of drug-likeness (QED) is 0.616. The Bertz CT molecular complexity index is 559. The highest BCUT2D eigenvalue weighted by Gasteiger charge is 2.19. The summed E-state index contributed by atoms with van der Waals surface area (Å²) in [4.78, 5) is 4.47. The van der Waals surface area contributed by atoms with E-state index < -0.39 is 0 Å². The van der Waals surface area contributed by atoms with E-state index in [-0.39, 0.29) is 0 Å². The number of aromatic nitrogens is 3. The van der Waals surface area contributed by atoms with Crippen LogP contribution in [-0.4, -0.2) is 27.8 Å². The summed E-state index contributed by atoms with van der Waals surface area (Å²) in [6.45, 7) is 3.57. The third kappa shape index (κ3) is 1.93. The normalized spacial score (nSPS) is 17.2. The number of hydrazine groups is 1. The Balaban J connectivity index is 2.04. The molecule has 6 heteroatoms. The lowest BCUT2D eigenvalue weighted by Crippen LogP contribution is -2.15. The predicted molar refractivity (Wildman–Crippen MR) is 68.3 cm³/mol. The van der Waals surface area contributed by atoms with Crippen molar-refractivity contribution in [1.29, 1.82) is 0 Å². The van der Waals surface area contributed by atoms with Gasteiger partial charge in [-0.3, -0.25) is 0 Å². The van der Waals surface area contributed by atoms with Crippen molar-refractivity contribution in [3.05, 3.63) is 23.5 Å². The highest BCUT2D eigenvalue weighted by molar-refractivity contribution is 5.50. The summed E-state index contributed by atoms with van der Waals surface area (Å²) in [6.07, 6.45) is 2.04. The second kappa shape index (κ2) is 4.55. The molecule has 1 saturated heterocycles. The summed E-state index contributed by atoms with van der Waals surface area (Å²) in [5.74, 6) is 6.74. The van der Waals surface area contributed by atoms with Crippen LogP contribution in [0.4, 0.5) is 5.82 Å². The van der Waals surface area contributed by atoms with Crippen molar-refractivity contribution in [2.45, 2.75) is 25.7 Å². The maximum atomic E-state index is 5.51. The Morgan fingerprint density at radius 3 is 2.89 bits per heavy atom. The van der Waals surface area contributed by atoms with Crippen LogP contribution in [0.15, 0.2) is 12.1 Å². The number of nitrogens with one attached hydrogen (secondary N) is 1. The number of fused-ring (bicyclic) bond motifs is 1. The van der Waals surface area contributed by atoms with Gasteiger partial charge in [-0.15, -0.1) is 0 Å². The van der Waals surface area contributed by atoms with Crippen molar-refractivity contribution in [2.75, 3.05) is 18.6 Å². The fourth-order valence-electron chi connectivity index (χ4n) is 2.41. The molecule has 2 aromatic heterocycles. The van der Waals surface area contributed by atoms with Crippen LogP contribution in [0.2, 0.25) is 0 Å². The number of nitrogen functional groups attached to an aromatic ring is 1. The lowest BCUT2D eigenvalue weighted by atomic mass is 9.97. The van der Waals surface area contributed by atoms with E-state index in [1.54, 1.807) is 4.52 Å². The minimum absolute atomic E-state index is 0.464. The zero-order chi connectivity index (χ0) is 12.5. The molecule has 3 rings (SSSR count). The fraction of sp³-hybridized carbons (Fsp3) is 0.500. The van der Waals surface area contributed by atoms with Crippen LogP contribution >= 0.6 is 0 Å². The number of nitrogens with two attached hydrogens (primary N) is 1. The highest BCUT2D eigenvalue weighted by Crippen LogP contribution is 2.27. The minimum atomic E-state index is 0.464. The standard InChI is InChI=1S/C12H17N5O/c1-8-6-12(15-13)17-11(14-8)7-10(16-17)9-2-4-18-5-3-9/h6-7,9,15H,2-5,13H2,1H3. The Morgan fingerprint density at radius 2 is 2.17 bits per heavy atom. The largest absolute Gasteiger partial charge is 0.381 e. The molecule has 0 saturated carbocycles. The zero-order valence-corrected chi connectivity index (χ0v) is 10.4. The Kier molecular flexibility index (Phi) is 2.89. The van der Waals surface area contributed by atoms with Crippen LogP contribution in [0.1, 0.15) is 30.1 Å². The third-order valence-electron chi connectivity index (χ3n) is 3.36. The molecular formula is C12H17N5O. The second-order valence-electron chi connectivity index (χ2n) is 4.65. The molecule has 0 aromatic carbocycles. The molecule has 3 N–H and O–H groups in total. The molecule has 96 valence electrons. The van der Waals surface area contributed by atoms with Gasteiger partial charge in [-0.05, 0) is 19.8 Å². The molecule has 6 nitrogen and oxygen atoms in total. The van der Waals surface area contributed by atoms with E-state index in [0.29, 0.717) is 5.92 Å². The number of hydrogen-bond donors (Lipinski definition) is 2. The van der Waals surface area contributed by atoms with Gasteiger partial charge in [0.15, 0.2) is 5.65 Å². The molecule has 18 heavy (non-hydrogen) atoms. The second-order valence-corrected chi connectivity index (χ2v) is 4.65. The molecule has 1 fully saturated rings. The molecule has 2 aromatic rings. The summed E-state index contributed by atoms with van der Waals surface area (Å²) in [6, 6.07) is 3.93. The molecule has 1 aliphatic heterocycles. The van der Waals surface area contributed by atoms with Crippen LogP contribution in [-0.2, 0) is 4.74 Å². The molecule has 0 spiro atoms. The van der Waals surface area contributed by atoms with Crippen molar-refractivity contribution < 1.29 is 4.74 Å². The van der Waals surface area contributed by atoms with Crippen LogP contribution in [0, 0.1) is 6.92 Å². The van der Waals surface area contributed by atoms with Crippen LogP contribution in [0.25, 0.3) is 5.65 Å². The summed E-state index contributed by atoms with van der Waals surface area (Å²) in [5, 5.41) is 4.60. The van der Waals surface area contributed by atoms with Gasteiger partial charge in [0.25, 0.3) is 0 Å². The van der Waals surface area contributed by atoms with Crippen LogP contribution in [0.3, 0.4) is 0 Å². The van der Waals surface area contributed by atoms with E-state index in [2.05, 4.69) is 15.5 Å². The molecule has 0 radical (unpaired) electrons. The first kappa shape index (κ1) is 11.4. The van der Waals surface area contributed by atoms with Crippen molar-refractivity contribution in [2.24, 2.45) is 5.84 Å². The van der Waals surface area contributed by atoms with E-state index in [1.165, 1.54) is 0 Å². The van der Waals surface area contributed by atoms with Crippen molar-refractivity contribution in [3.8, 4) is 0 Å². The third-order valence-corrected chi connectivity index (χ3v) is 3.36. The topological polar surface area (TPSA) is 77.5 Å². The number of rotatable bonds is 2. The van der Waals surface area contributed by atoms with Gasteiger partial charge >= 0.3 is 0 Å². The van der Waals surface area contributed by atoms with E-state index >= 15 is 0 Å². The monoisotopic (exact) mass is 247 g/mol. The molecule has 0 bridgehead atoms. The van der Waals surface area contributed by atoms with Gasteiger partial charge in [-0.25, -0.2) is 10.8 Å². The van der Waals surface area contributed by atoms with Gasteiger partial charge in [0.1, 0.15) is 5.82 Å². The first-order valence-corrected chi connectivity index (χ1v) is 6.19. The number of aryl methyl sites for hydroxylation is 1. The van der Waals surface area contributed by atoms with Crippen LogP contribution < -0.4 is 11.3 Å². The van der Waals surface area contributed by atoms with E-state index in [0.717, 1.165) is 48.9 Å². The maximum absolute atomic E-state index is 5.51. The van der Waals surface area contributed by atoms with Gasteiger partial charge in [0, 0.05) is 37.0 Å². The van der Waals surface area contributed by atoms with E-state index in [4.69, 9.17) is 10.6 Å². The fourth-order valence-corrected chi connectivity index (χ4v) is 2.41. The first-order valence-electron chi connectivity index (χ1n) is 6.19.